The fraction of sp³-hybridized carbons (Fsp3) is 0. The first-order valence-electron chi connectivity index (χ1n) is 17.9. The first-order valence-corrected chi connectivity index (χ1v) is 17.9. The van der Waals surface area contributed by atoms with E-state index < -0.39 is 0 Å². The van der Waals surface area contributed by atoms with Crippen molar-refractivity contribution in [3.63, 3.8) is 0 Å². The summed E-state index contributed by atoms with van der Waals surface area (Å²) in [6.07, 6.45) is 0. The van der Waals surface area contributed by atoms with Crippen LogP contribution >= 0.6 is 0 Å². The van der Waals surface area contributed by atoms with Crippen molar-refractivity contribution in [3.05, 3.63) is 164 Å². The lowest BCUT2D eigenvalue weighted by molar-refractivity contribution is 0.476. The van der Waals surface area contributed by atoms with E-state index in [1.807, 2.05) is 6.07 Å². The van der Waals surface area contributed by atoms with Gasteiger partial charge in [-0.2, -0.15) is 0 Å². The molecule has 0 atom stereocenters. The zero-order valence-corrected chi connectivity index (χ0v) is 27.8. The number of ether oxygens (including phenoxy) is 1. The van der Waals surface area contributed by atoms with Crippen molar-refractivity contribution in [3.8, 4) is 34.0 Å². The molecule has 12 aromatic rings. The summed E-state index contributed by atoms with van der Waals surface area (Å²) in [6, 6.07) is 59.7. The van der Waals surface area contributed by atoms with Gasteiger partial charge >= 0.3 is 0 Å². The van der Waals surface area contributed by atoms with Crippen LogP contribution in [0.2, 0.25) is 0 Å². The summed E-state index contributed by atoms with van der Waals surface area (Å²) in [5, 5.41) is 10.1. The molecule has 52 heavy (non-hydrogen) atoms. The Morgan fingerprint density at radius 3 is 1.87 bits per heavy atom. The second-order valence-electron chi connectivity index (χ2n) is 14.1. The lowest BCUT2D eigenvalue weighted by atomic mass is 9.97. The Balaban J connectivity index is 1.14. The molecule has 4 aromatic heterocycles. The quantitative estimate of drug-likeness (QED) is 0.181. The number of fused-ring (bicyclic) bond motifs is 14. The predicted octanol–water partition coefficient (Wildman–Crippen LogP) is 12.8. The standard InChI is InChI=1S/C48H27N3O/c1-4-16-36-30(11-1)32-24-23-28(29-25-26-44-48-45(29)34-13-3-6-18-38(34)50(48)39-19-7-8-22-43(39)52-44)27-42(32)49(36)40-20-10-21-41-46(40)35-15-9-14-33-31-12-2-5-17-37(31)51(41)47(33)35/h1-27H. The largest absolute Gasteiger partial charge is 0.453 e. The fourth-order valence-electron chi connectivity index (χ4n) is 9.53. The number of nitrogens with zero attached hydrogens (tertiary/aromatic N) is 3. The highest BCUT2D eigenvalue weighted by molar-refractivity contribution is 6.26. The van der Waals surface area contributed by atoms with Gasteiger partial charge in [-0.3, -0.25) is 0 Å². The molecule has 5 heterocycles. The third-order valence-electron chi connectivity index (χ3n) is 11.6. The maximum atomic E-state index is 6.54. The third kappa shape index (κ3) is 3.15. The molecule has 0 saturated carbocycles. The van der Waals surface area contributed by atoms with Crippen LogP contribution in [-0.4, -0.2) is 13.5 Å². The van der Waals surface area contributed by atoms with E-state index in [0.29, 0.717) is 0 Å². The molecule has 13 rings (SSSR count). The minimum atomic E-state index is 0.877. The molecule has 0 unspecified atom stereocenters. The van der Waals surface area contributed by atoms with E-state index in [9.17, 15) is 0 Å². The van der Waals surface area contributed by atoms with Crippen LogP contribution < -0.4 is 4.74 Å². The molecule has 0 fully saturated rings. The van der Waals surface area contributed by atoms with Crippen molar-refractivity contribution in [2.45, 2.75) is 0 Å². The Bertz CT molecular complexity index is 3500. The summed E-state index contributed by atoms with van der Waals surface area (Å²) in [4.78, 5) is 0. The zero-order chi connectivity index (χ0) is 33.7. The molecule has 0 amide bonds. The van der Waals surface area contributed by atoms with Gasteiger partial charge in [0.2, 0.25) is 0 Å². The SMILES string of the molecule is c1ccc2c(c1)Oc1ccc(-c3ccc4c5ccccc5n(-c5cccc6c5c5cccc7c8ccccc8n6c75)c4c3)c3c4ccccc4n-2c13. The molecule has 1 aliphatic heterocycles. The second-order valence-corrected chi connectivity index (χ2v) is 14.1. The van der Waals surface area contributed by atoms with Gasteiger partial charge in [0, 0.05) is 43.1 Å². The van der Waals surface area contributed by atoms with Crippen LogP contribution in [0.5, 0.6) is 11.5 Å². The molecule has 4 nitrogen and oxygen atoms in total. The highest BCUT2D eigenvalue weighted by atomic mass is 16.5. The van der Waals surface area contributed by atoms with E-state index in [1.54, 1.807) is 0 Å². The zero-order valence-electron chi connectivity index (χ0n) is 27.8. The molecule has 0 radical (unpaired) electrons. The van der Waals surface area contributed by atoms with Crippen LogP contribution in [-0.2, 0) is 0 Å². The summed E-state index contributed by atoms with van der Waals surface area (Å²) >= 11 is 0. The monoisotopic (exact) mass is 661 g/mol. The highest BCUT2D eigenvalue weighted by Crippen LogP contribution is 2.49. The number of rotatable bonds is 2. The van der Waals surface area contributed by atoms with Crippen molar-refractivity contribution in [1.82, 2.24) is 13.5 Å². The summed E-state index contributed by atoms with van der Waals surface area (Å²) in [7, 11) is 0. The van der Waals surface area contributed by atoms with Crippen LogP contribution in [0.15, 0.2) is 164 Å². The number of hydrogen-bond acceptors (Lipinski definition) is 1. The topological polar surface area (TPSA) is 23.5 Å². The molecular weight excluding hydrogens is 635 g/mol. The number of aromatic nitrogens is 3. The molecule has 0 aliphatic carbocycles. The minimum absolute atomic E-state index is 0.877. The second kappa shape index (κ2) is 9.39. The van der Waals surface area contributed by atoms with Crippen molar-refractivity contribution in [2.75, 3.05) is 0 Å². The van der Waals surface area contributed by atoms with Crippen molar-refractivity contribution in [2.24, 2.45) is 0 Å². The Morgan fingerprint density at radius 2 is 0.981 bits per heavy atom. The molecule has 0 saturated heterocycles. The van der Waals surface area contributed by atoms with Crippen LogP contribution in [0.3, 0.4) is 0 Å². The summed E-state index contributed by atoms with van der Waals surface area (Å²) < 4.78 is 13.9. The number of para-hydroxylation sites is 6. The molecule has 240 valence electrons. The first-order chi connectivity index (χ1) is 25.8. The number of benzene rings is 8. The van der Waals surface area contributed by atoms with E-state index in [0.717, 1.165) is 22.7 Å². The Labute approximate surface area is 296 Å². The Kier molecular flexibility index (Phi) is 4.83. The molecule has 0 N–H and O–H groups in total. The van der Waals surface area contributed by atoms with E-state index in [4.69, 9.17) is 4.74 Å². The summed E-state index contributed by atoms with van der Waals surface area (Å²) in [6.45, 7) is 0. The highest BCUT2D eigenvalue weighted by Gasteiger charge is 2.26. The van der Waals surface area contributed by atoms with E-state index in [1.165, 1.54) is 93.0 Å². The maximum absolute atomic E-state index is 6.54. The normalized spacial score (nSPS) is 12.8. The first kappa shape index (κ1) is 26.8. The molecule has 1 aliphatic rings. The van der Waals surface area contributed by atoms with Gasteiger partial charge in [0.15, 0.2) is 11.5 Å². The minimum Gasteiger partial charge on any atom is -0.453 e. The molecule has 0 bridgehead atoms. The van der Waals surface area contributed by atoms with Crippen LogP contribution in [0.1, 0.15) is 0 Å². The van der Waals surface area contributed by atoms with E-state index in [2.05, 4.69) is 171 Å². The third-order valence-corrected chi connectivity index (χ3v) is 11.6. The van der Waals surface area contributed by atoms with Crippen molar-refractivity contribution < 1.29 is 4.74 Å². The molecular formula is C48H27N3O. The predicted molar refractivity (Wildman–Crippen MR) is 215 cm³/mol. The molecule has 4 heteroatoms. The molecule has 0 spiro atoms. The van der Waals surface area contributed by atoms with Crippen LogP contribution in [0.25, 0.3) is 104 Å². The summed E-state index contributed by atoms with van der Waals surface area (Å²) in [5.41, 5.74) is 13.1. The smallest absolute Gasteiger partial charge is 0.152 e. The van der Waals surface area contributed by atoms with Crippen LogP contribution in [0.4, 0.5) is 0 Å². The van der Waals surface area contributed by atoms with Gasteiger partial charge in [0.25, 0.3) is 0 Å². The van der Waals surface area contributed by atoms with Gasteiger partial charge < -0.3 is 18.3 Å². The van der Waals surface area contributed by atoms with Crippen LogP contribution in [0, 0.1) is 0 Å². The van der Waals surface area contributed by atoms with Gasteiger partial charge in [-0.15, -0.1) is 0 Å². The lowest BCUT2D eigenvalue weighted by Gasteiger charge is -2.21. The average molecular weight is 662 g/mol. The Morgan fingerprint density at radius 1 is 0.346 bits per heavy atom. The van der Waals surface area contributed by atoms with Crippen molar-refractivity contribution in [1.29, 1.82) is 0 Å². The number of hydrogen-bond donors (Lipinski definition) is 0. The van der Waals surface area contributed by atoms with Gasteiger partial charge in [0.05, 0.1) is 50.0 Å². The summed E-state index contributed by atoms with van der Waals surface area (Å²) in [5.74, 6) is 1.76. The van der Waals surface area contributed by atoms with Gasteiger partial charge in [0.1, 0.15) is 0 Å². The van der Waals surface area contributed by atoms with E-state index >= 15 is 0 Å². The average Bonchev–Trinajstić information content (AvgIpc) is 3.93. The van der Waals surface area contributed by atoms with Crippen molar-refractivity contribution >= 4 is 81.7 Å². The van der Waals surface area contributed by atoms with Gasteiger partial charge in [-0.1, -0.05) is 103 Å². The maximum Gasteiger partial charge on any atom is 0.152 e. The lowest BCUT2D eigenvalue weighted by Crippen LogP contribution is -2.03. The Hall–Kier alpha value is -7.04. The molecule has 8 aromatic carbocycles. The van der Waals surface area contributed by atoms with E-state index in [-0.39, 0.29) is 0 Å². The fourth-order valence-corrected chi connectivity index (χ4v) is 9.53. The van der Waals surface area contributed by atoms with Gasteiger partial charge in [-0.25, -0.2) is 0 Å². The van der Waals surface area contributed by atoms with Gasteiger partial charge in [-0.05, 0) is 71.8 Å².